The van der Waals surface area contributed by atoms with E-state index in [2.05, 4.69) is 5.32 Å². The van der Waals surface area contributed by atoms with Crippen LogP contribution in [0.5, 0.6) is 0 Å². The average molecular weight is 316 g/mol. The SMILES string of the molecule is CC(=O)N1C=Cc2ccccc2C1CC(=O)NC(C)(C)C(=O)O. The van der Waals surface area contributed by atoms with E-state index >= 15 is 0 Å². The zero-order valence-electron chi connectivity index (χ0n) is 13.4. The van der Waals surface area contributed by atoms with E-state index in [4.69, 9.17) is 5.11 Å². The van der Waals surface area contributed by atoms with E-state index in [0.717, 1.165) is 11.1 Å². The van der Waals surface area contributed by atoms with Crippen LogP contribution < -0.4 is 5.32 Å². The van der Waals surface area contributed by atoms with E-state index < -0.39 is 23.5 Å². The Kier molecular flexibility index (Phi) is 4.54. The Bertz CT molecular complexity index is 679. The van der Waals surface area contributed by atoms with Crippen LogP contribution in [-0.2, 0) is 14.4 Å². The quantitative estimate of drug-likeness (QED) is 0.888. The lowest BCUT2D eigenvalue weighted by molar-refractivity contribution is -0.146. The van der Waals surface area contributed by atoms with Crippen LogP contribution in [-0.4, -0.2) is 33.3 Å². The Labute approximate surface area is 134 Å². The van der Waals surface area contributed by atoms with Gasteiger partial charge in [-0.1, -0.05) is 24.3 Å². The molecule has 23 heavy (non-hydrogen) atoms. The summed E-state index contributed by atoms with van der Waals surface area (Å²) in [4.78, 5) is 36.7. The molecule has 1 aliphatic rings. The summed E-state index contributed by atoms with van der Waals surface area (Å²) in [5.74, 6) is -1.71. The number of aliphatic carboxylic acids is 1. The van der Waals surface area contributed by atoms with Crippen molar-refractivity contribution in [1.82, 2.24) is 10.2 Å². The molecule has 2 amide bonds. The molecule has 0 bridgehead atoms. The molecule has 122 valence electrons. The van der Waals surface area contributed by atoms with Gasteiger partial charge >= 0.3 is 5.97 Å². The Morgan fingerprint density at radius 2 is 1.91 bits per heavy atom. The Morgan fingerprint density at radius 1 is 1.26 bits per heavy atom. The van der Waals surface area contributed by atoms with Gasteiger partial charge in [-0.2, -0.15) is 0 Å². The minimum absolute atomic E-state index is 0.00234. The summed E-state index contributed by atoms with van der Waals surface area (Å²) in [6.45, 7) is 4.28. The third-order valence-electron chi connectivity index (χ3n) is 3.83. The minimum atomic E-state index is -1.36. The summed E-state index contributed by atoms with van der Waals surface area (Å²) in [6.07, 6.45) is 3.48. The second kappa shape index (κ2) is 6.24. The van der Waals surface area contributed by atoms with Crippen molar-refractivity contribution < 1.29 is 19.5 Å². The predicted octanol–water partition coefficient (Wildman–Crippen LogP) is 1.93. The van der Waals surface area contributed by atoms with Crippen LogP contribution in [0.4, 0.5) is 0 Å². The van der Waals surface area contributed by atoms with Gasteiger partial charge in [0.2, 0.25) is 11.8 Å². The molecule has 1 heterocycles. The Balaban J connectivity index is 2.25. The number of amides is 2. The second-order valence-electron chi connectivity index (χ2n) is 6.07. The van der Waals surface area contributed by atoms with Crippen LogP contribution in [0.3, 0.4) is 0 Å². The van der Waals surface area contributed by atoms with Crippen LogP contribution in [0.1, 0.15) is 44.4 Å². The first kappa shape index (κ1) is 16.7. The molecule has 6 nitrogen and oxygen atoms in total. The third kappa shape index (κ3) is 3.59. The van der Waals surface area contributed by atoms with E-state index in [0.29, 0.717) is 0 Å². The molecular formula is C17H20N2O4. The normalized spacial score (nSPS) is 16.7. The number of carbonyl (C=O) groups is 3. The lowest BCUT2D eigenvalue weighted by atomic mass is 9.93. The van der Waals surface area contributed by atoms with Crippen molar-refractivity contribution in [3.63, 3.8) is 0 Å². The maximum Gasteiger partial charge on any atom is 0.328 e. The summed E-state index contributed by atoms with van der Waals surface area (Å²) in [6, 6.07) is 7.07. The van der Waals surface area contributed by atoms with E-state index in [-0.39, 0.29) is 12.3 Å². The molecule has 2 rings (SSSR count). The highest BCUT2D eigenvalue weighted by molar-refractivity contribution is 5.87. The lowest BCUT2D eigenvalue weighted by Crippen LogP contribution is -2.50. The van der Waals surface area contributed by atoms with Gasteiger partial charge in [0.25, 0.3) is 0 Å². The van der Waals surface area contributed by atoms with Crippen molar-refractivity contribution in [2.24, 2.45) is 0 Å². The number of nitrogens with zero attached hydrogens (tertiary/aromatic N) is 1. The van der Waals surface area contributed by atoms with Crippen LogP contribution in [0.15, 0.2) is 30.5 Å². The average Bonchev–Trinajstić information content (AvgIpc) is 2.46. The third-order valence-corrected chi connectivity index (χ3v) is 3.83. The molecule has 0 aliphatic carbocycles. The Morgan fingerprint density at radius 3 is 2.52 bits per heavy atom. The standard InChI is InChI=1S/C17H20N2O4/c1-11(20)19-9-8-12-6-4-5-7-13(12)14(19)10-15(21)18-17(2,3)16(22)23/h4-9,14H,10H2,1-3H3,(H,18,21)(H,22,23). The molecule has 1 atom stereocenters. The summed E-state index contributed by atoms with van der Waals surface area (Å²) in [5, 5.41) is 11.6. The van der Waals surface area contributed by atoms with Gasteiger partial charge in [-0.05, 0) is 31.1 Å². The van der Waals surface area contributed by atoms with Crippen molar-refractivity contribution in [2.45, 2.75) is 38.8 Å². The minimum Gasteiger partial charge on any atom is -0.480 e. The van der Waals surface area contributed by atoms with Gasteiger partial charge in [0.05, 0.1) is 12.5 Å². The summed E-state index contributed by atoms with van der Waals surface area (Å²) >= 11 is 0. The van der Waals surface area contributed by atoms with Crippen LogP contribution in [0, 0.1) is 0 Å². The highest BCUT2D eigenvalue weighted by Gasteiger charge is 2.32. The molecule has 1 aromatic rings. The number of carbonyl (C=O) groups excluding carboxylic acids is 2. The van der Waals surface area contributed by atoms with Crippen molar-refractivity contribution in [2.75, 3.05) is 0 Å². The molecule has 6 heteroatoms. The van der Waals surface area contributed by atoms with Gasteiger partial charge in [-0.25, -0.2) is 4.79 Å². The number of benzene rings is 1. The fourth-order valence-corrected chi connectivity index (χ4v) is 2.54. The summed E-state index contributed by atoms with van der Waals surface area (Å²) < 4.78 is 0. The van der Waals surface area contributed by atoms with Gasteiger partial charge in [0.15, 0.2) is 0 Å². The molecular weight excluding hydrogens is 296 g/mol. The number of fused-ring (bicyclic) bond motifs is 1. The first-order valence-corrected chi connectivity index (χ1v) is 7.33. The maximum absolute atomic E-state index is 12.3. The Hall–Kier alpha value is -2.63. The van der Waals surface area contributed by atoms with Crippen LogP contribution >= 0.6 is 0 Å². The number of carboxylic acids is 1. The molecule has 1 unspecified atom stereocenters. The van der Waals surface area contributed by atoms with E-state index in [1.165, 1.54) is 25.7 Å². The van der Waals surface area contributed by atoms with E-state index in [9.17, 15) is 14.4 Å². The first-order valence-electron chi connectivity index (χ1n) is 7.33. The van der Waals surface area contributed by atoms with E-state index in [1.807, 2.05) is 30.3 Å². The molecule has 0 radical (unpaired) electrons. The fourth-order valence-electron chi connectivity index (χ4n) is 2.54. The molecule has 0 aromatic heterocycles. The molecule has 0 spiro atoms. The van der Waals surface area contributed by atoms with Crippen molar-refractivity contribution in [1.29, 1.82) is 0 Å². The largest absolute Gasteiger partial charge is 0.480 e. The zero-order valence-corrected chi connectivity index (χ0v) is 13.4. The molecule has 1 aliphatic heterocycles. The number of hydrogen-bond acceptors (Lipinski definition) is 3. The van der Waals surface area contributed by atoms with Gasteiger partial charge in [0.1, 0.15) is 5.54 Å². The van der Waals surface area contributed by atoms with Crippen molar-refractivity contribution in [3.05, 3.63) is 41.6 Å². The molecule has 0 saturated carbocycles. The van der Waals surface area contributed by atoms with Gasteiger partial charge in [-0.15, -0.1) is 0 Å². The molecule has 2 N–H and O–H groups in total. The van der Waals surface area contributed by atoms with Crippen molar-refractivity contribution >= 4 is 23.9 Å². The van der Waals surface area contributed by atoms with Gasteiger partial charge in [0, 0.05) is 13.1 Å². The van der Waals surface area contributed by atoms with Gasteiger partial charge in [-0.3, -0.25) is 9.59 Å². The van der Waals surface area contributed by atoms with Gasteiger partial charge < -0.3 is 15.3 Å². The van der Waals surface area contributed by atoms with Crippen LogP contribution in [0.2, 0.25) is 0 Å². The van der Waals surface area contributed by atoms with Crippen molar-refractivity contribution in [3.8, 4) is 0 Å². The maximum atomic E-state index is 12.3. The zero-order chi connectivity index (χ0) is 17.2. The number of hydrogen-bond donors (Lipinski definition) is 2. The van der Waals surface area contributed by atoms with Crippen LogP contribution in [0.25, 0.3) is 6.08 Å². The number of nitrogens with one attached hydrogen (secondary N) is 1. The predicted molar refractivity (Wildman–Crippen MR) is 85.2 cm³/mol. The second-order valence-corrected chi connectivity index (χ2v) is 6.07. The summed E-state index contributed by atoms with van der Waals surface area (Å²) in [7, 11) is 0. The topological polar surface area (TPSA) is 86.7 Å². The highest BCUT2D eigenvalue weighted by atomic mass is 16.4. The molecule has 0 saturated heterocycles. The van der Waals surface area contributed by atoms with E-state index in [1.54, 1.807) is 6.20 Å². The molecule has 0 fully saturated rings. The fraction of sp³-hybridized carbons (Fsp3) is 0.353. The highest BCUT2D eigenvalue weighted by Crippen LogP contribution is 2.32. The monoisotopic (exact) mass is 316 g/mol. The number of carboxylic acid groups (broad SMARTS) is 1. The summed E-state index contributed by atoms with van der Waals surface area (Å²) in [5.41, 5.74) is 0.455. The lowest BCUT2D eigenvalue weighted by Gasteiger charge is -2.33. The number of rotatable bonds is 4. The smallest absolute Gasteiger partial charge is 0.328 e. The molecule has 1 aromatic carbocycles. The first-order chi connectivity index (χ1) is 10.7.